The zero-order chi connectivity index (χ0) is 29.4. The Bertz CT molecular complexity index is 2010. The third-order valence-corrected chi connectivity index (χ3v) is 7.85. The molecule has 6 rings (SSSR count). The molecule has 43 heavy (non-hydrogen) atoms. The van der Waals surface area contributed by atoms with E-state index in [2.05, 4.69) is 10.6 Å². The molecule has 0 aliphatic rings. The number of halogens is 1. The second-order valence-electron chi connectivity index (χ2n) is 10.6. The van der Waals surface area contributed by atoms with Gasteiger partial charge in [0.05, 0.1) is 22.1 Å². The molecule has 0 fully saturated rings. The zero-order valence-corrected chi connectivity index (χ0v) is 24.7. The van der Waals surface area contributed by atoms with Crippen LogP contribution in [0.4, 0.5) is 11.4 Å². The fraction of sp³-hybridized carbons (Fsp3) is 0.176. The van der Waals surface area contributed by atoms with E-state index in [0.717, 1.165) is 22.1 Å². The molecule has 6 aromatic rings. The van der Waals surface area contributed by atoms with Crippen LogP contribution in [0.15, 0.2) is 94.5 Å². The third kappa shape index (κ3) is 5.61. The van der Waals surface area contributed by atoms with Crippen LogP contribution in [0, 0.1) is 0 Å². The second-order valence-corrected chi connectivity index (χ2v) is 10.6. The molecule has 8 nitrogen and oxygen atoms in total. The SMILES string of the molecule is Cl.Cn1c2ccccc2c(=O)c2cc(NC(=O)CCCCC(=O)Nc3ccc4c(c3)c(=O)c3ccccc3n4C)ccc21. The maximum absolute atomic E-state index is 13.1. The molecule has 0 spiro atoms. The Hall–Kier alpha value is -4.95. The number of aryl methyl sites for hydroxylation is 2. The zero-order valence-electron chi connectivity index (χ0n) is 23.8. The van der Waals surface area contributed by atoms with Crippen LogP contribution >= 0.6 is 12.4 Å². The van der Waals surface area contributed by atoms with Gasteiger partial charge in [0, 0.05) is 59.9 Å². The molecule has 2 aromatic heterocycles. The summed E-state index contributed by atoms with van der Waals surface area (Å²) in [6.07, 6.45) is 1.56. The van der Waals surface area contributed by atoms with Gasteiger partial charge in [0.1, 0.15) is 0 Å². The summed E-state index contributed by atoms with van der Waals surface area (Å²) in [6.45, 7) is 0. The lowest BCUT2D eigenvalue weighted by molar-refractivity contribution is -0.118. The van der Waals surface area contributed by atoms with Crippen molar-refractivity contribution < 1.29 is 9.59 Å². The highest BCUT2D eigenvalue weighted by atomic mass is 35.5. The summed E-state index contributed by atoms with van der Waals surface area (Å²) < 4.78 is 3.95. The first-order valence-electron chi connectivity index (χ1n) is 13.9. The van der Waals surface area contributed by atoms with Crippen molar-refractivity contribution in [3.63, 3.8) is 0 Å². The number of hydrogen-bond donors (Lipinski definition) is 2. The van der Waals surface area contributed by atoms with Crippen molar-refractivity contribution in [3.05, 3.63) is 105 Å². The van der Waals surface area contributed by atoms with Crippen LogP contribution in [0.3, 0.4) is 0 Å². The Morgan fingerprint density at radius 1 is 0.558 bits per heavy atom. The van der Waals surface area contributed by atoms with Gasteiger partial charge in [-0.05, 0) is 73.5 Å². The Morgan fingerprint density at radius 2 is 0.930 bits per heavy atom. The van der Waals surface area contributed by atoms with Crippen molar-refractivity contribution in [1.29, 1.82) is 0 Å². The number of pyridine rings is 2. The Balaban J connectivity index is 0.00000368. The Morgan fingerprint density at radius 3 is 1.35 bits per heavy atom. The van der Waals surface area contributed by atoms with Crippen molar-refractivity contribution in [3.8, 4) is 0 Å². The van der Waals surface area contributed by atoms with Crippen LogP contribution in [0.25, 0.3) is 43.6 Å². The molecule has 2 heterocycles. The summed E-state index contributed by atoms with van der Waals surface area (Å²) in [7, 11) is 3.84. The molecule has 2 amide bonds. The normalized spacial score (nSPS) is 11.1. The lowest BCUT2D eigenvalue weighted by Crippen LogP contribution is -2.14. The monoisotopic (exact) mass is 594 g/mol. The van der Waals surface area contributed by atoms with Crippen LogP contribution in [-0.4, -0.2) is 20.9 Å². The van der Waals surface area contributed by atoms with Gasteiger partial charge in [-0.3, -0.25) is 19.2 Å². The van der Waals surface area contributed by atoms with Gasteiger partial charge in [0.2, 0.25) is 11.8 Å². The number of unbranched alkanes of at least 4 members (excludes halogenated alkanes) is 1. The number of hydrogen-bond acceptors (Lipinski definition) is 4. The van der Waals surface area contributed by atoms with Gasteiger partial charge in [0.25, 0.3) is 0 Å². The molecule has 0 radical (unpaired) electrons. The summed E-state index contributed by atoms with van der Waals surface area (Å²) in [6, 6.07) is 25.6. The van der Waals surface area contributed by atoms with Crippen LogP contribution in [0.1, 0.15) is 25.7 Å². The maximum Gasteiger partial charge on any atom is 0.224 e. The average molecular weight is 595 g/mol. The van der Waals surface area contributed by atoms with E-state index >= 15 is 0 Å². The predicted molar refractivity (Wildman–Crippen MR) is 176 cm³/mol. The number of amides is 2. The Kier molecular flexibility index (Phi) is 8.32. The van der Waals surface area contributed by atoms with E-state index < -0.39 is 0 Å². The molecule has 0 aliphatic heterocycles. The summed E-state index contributed by atoms with van der Waals surface area (Å²) in [4.78, 5) is 51.3. The molecule has 0 saturated carbocycles. The summed E-state index contributed by atoms with van der Waals surface area (Å²) >= 11 is 0. The first-order chi connectivity index (χ1) is 20.3. The van der Waals surface area contributed by atoms with Crippen molar-refractivity contribution in [2.45, 2.75) is 25.7 Å². The van der Waals surface area contributed by atoms with Crippen molar-refractivity contribution in [2.24, 2.45) is 14.1 Å². The van der Waals surface area contributed by atoms with Crippen molar-refractivity contribution in [1.82, 2.24) is 9.13 Å². The topological polar surface area (TPSA) is 102 Å². The highest BCUT2D eigenvalue weighted by Gasteiger charge is 2.12. The van der Waals surface area contributed by atoms with Gasteiger partial charge in [-0.25, -0.2) is 0 Å². The molecule has 4 aromatic carbocycles. The van der Waals surface area contributed by atoms with Crippen molar-refractivity contribution >= 4 is 79.2 Å². The quantitative estimate of drug-likeness (QED) is 0.168. The van der Waals surface area contributed by atoms with Crippen molar-refractivity contribution in [2.75, 3.05) is 10.6 Å². The lowest BCUT2D eigenvalue weighted by Gasteiger charge is -2.12. The van der Waals surface area contributed by atoms with Crippen LogP contribution < -0.4 is 21.5 Å². The van der Waals surface area contributed by atoms with E-state index in [1.54, 1.807) is 36.4 Å². The number of anilines is 2. The smallest absolute Gasteiger partial charge is 0.224 e. The van der Waals surface area contributed by atoms with Gasteiger partial charge in [0.15, 0.2) is 10.9 Å². The fourth-order valence-corrected chi connectivity index (χ4v) is 5.66. The summed E-state index contributed by atoms with van der Waals surface area (Å²) in [5.74, 6) is -0.352. The van der Waals surface area contributed by atoms with E-state index in [9.17, 15) is 19.2 Å². The van der Waals surface area contributed by atoms with Gasteiger partial charge >= 0.3 is 0 Å². The second kappa shape index (κ2) is 12.1. The van der Waals surface area contributed by atoms with E-state index in [1.165, 1.54) is 0 Å². The van der Waals surface area contributed by atoms with Gasteiger partial charge < -0.3 is 19.8 Å². The maximum atomic E-state index is 13.1. The van der Waals surface area contributed by atoms with Gasteiger partial charge in [-0.2, -0.15) is 0 Å². The van der Waals surface area contributed by atoms with E-state index in [4.69, 9.17) is 0 Å². The van der Waals surface area contributed by atoms with Crippen LogP contribution in [0.2, 0.25) is 0 Å². The van der Waals surface area contributed by atoms with E-state index in [1.807, 2.05) is 71.8 Å². The van der Waals surface area contributed by atoms with Crippen LogP contribution in [0.5, 0.6) is 0 Å². The van der Waals surface area contributed by atoms with E-state index in [-0.39, 0.29) is 47.9 Å². The molecular formula is C34H31ClN4O4. The number of aromatic nitrogens is 2. The minimum absolute atomic E-state index is 0. The number of benzene rings is 4. The molecule has 0 saturated heterocycles. The van der Waals surface area contributed by atoms with Gasteiger partial charge in [-0.1, -0.05) is 24.3 Å². The number of nitrogens with one attached hydrogen (secondary N) is 2. The molecule has 218 valence electrons. The minimum Gasteiger partial charge on any atom is -0.343 e. The highest BCUT2D eigenvalue weighted by Crippen LogP contribution is 2.23. The number of fused-ring (bicyclic) bond motifs is 4. The molecule has 0 atom stereocenters. The fourth-order valence-electron chi connectivity index (χ4n) is 5.66. The Labute approximate surface area is 253 Å². The standard InChI is InChI=1S/C34H30N4O4.ClH/c1-37-27-11-5-3-9-23(27)33(41)25-19-21(15-17-29(25)37)35-31(39)13-7-8-14-32(40)36-22-16-18-30-26(20-22)34(42)24-10-4-6-12-28(24)38(30)2;/h3-6,9-12,15-20H,7-8,13-14H2,1-2H3,(H,35,39)(H,36,40);1H. The lowest BCUT2D eigenvalue weighted by atomic mass is 10.1. The summed E-state index contributed by atoms with van der Waals surface area (Å²) in [5.41, 5.74) is 4.29. The van der Waals surface area contributed by atoms with Crippen LogP contribution in [-0.2, 0) is 23.7 Å². The molecule has 0 aliphatic carbocycles. The molecule has 0 bridgehead atoms. The minimum atomic E-state index is -0.176. The van der Waals surface area contributed by atoms with Gasteiger partial charge in [-0.15, -0.1) is 12.4 Å². The number of nitrogens with zero attached hydrogens (tertiary/aromatic N) is 2. The molecule has 2 N–H and O–H groups in total. The number of carbonyl (C=O) groups is 2. The number of carbonyl (C=O) groups excluding carboxylic acids is 2. The highest BCUT2D eigenvalue weighted by molar-refractivity contribution is 5.99. The largest absolute Gasteiger partial charge is 0.343 e. The predicted octanol–water partition coefficient (Wildman–Crippen LogP) is 6.26. The first kappa shape index (κ1) is 29.5. The first-order valence-corrected chi connectivity index (χ1v) is 13.9. The van der Waals surface area contributed by atoms with E-state index in [0.29, 0.717) is 45.8 Å². The number of rotatable bonds is 7. The third-order valence-electron chi connectivity index (χ3n) is 7.85. The molecular weight excluding hydrogens is 564 g/mol. The number of para-hydroxylation sites is 2. The molecule has 0 unspecified atom stereocenters. The average Bonchev–Trinajstić information content (AvgIpc) is 3.01. The molecule has 9 heteroatoms. The summed E-state index contributed by atoms with van der Waals surface area (Å²) in [5, 5.41) is 8.11.